The fourth-order valence-corrected chi connectivity index (χ4v) is 2.51. The van der Waals surface area contributed by atoms with Crippen LogP contribution in [-0.4, -0.2) is 14.2 Å². The molecule has 112 valence electrons. The number of para-hydroxylation sites is 1. The molecular formula is C16H17BrFNO2. The highest BCUT2D eigenvalue weighted by Crippen LogP contribution is 2.30. The molecule has 0 radical (unpaired) electrons. The number of methoxy groups -OCH3 is 2. The highest BCUT2D eigenvalue weighted by Gasteiger charge is 2.09. The Bertz CT molecular complexity index is 619. The summed E-state index contributed by atoms with van der Waals surface area (Å²) in [4.78, 5) is 0. The fourth-order valence-electron chi connectivity index (χ4n) is 2.10. The van der Waals surface area contributed by atoms with Crippen LogP contribution in [-0.2, 0) is 13.1 Å². The van der Waals surface area contributed by atoms with E-state index in [9.17, 15) is 4.39 Å². The number of benzene rings is 2. The van der Waals surface area contributed by atoms with E-state index in [4.69, 9.17) is 9.47 Å². The van der Waals surface area contributed by atoms with Crippen molar-refractivity contribution in [3.63, 3.8) is 0 Å². The van der Waals surface area contributed by atoms with Gasteiger partial charge in [-0.3, -0.25) is 0 Å². The van der Waals surface area contributed by atoms with Gasteiger partial charge in [-0.1, -0.05) is 28.1 Å². The first-order valence-corrected chi connectivity index (χ1v) is 7.29. The van der Waals surface area contributed by atoms with Gasteiger partial charge in [-0.25, -0.2) is 4.39 Å². The van der Waals surface area contributed by atoms with E-state index >= 15 is 0 Å². The molecule has 0 spiro atoms. The number of rotatable bonds is 6. The average molecular weight is 354 g/mol. The van der Waals surface area contributed by atoms with E-state index in [0.717, 1.165) is 10.0 Å². The van der Waals surface area contributed by atoms with Gasteiger partial charge in [-0.15, -0.1) is 0 Å². The van der Waals surface area contributed by atoms with Crippen LogP contribution in [0.4, 0.5) is 4.39 Å². The Kier molecular flexibility index (Phi) is 5.59. The zero-order valence-electron chi connectivity index (χ0n) is 12.0. The molecule has 0 bridgehead atoms. The molecule has 0 saturated heterocycles. The molecule has 21 heavy (non-hydrogen) atoms. The molecule has 1 N–H and O–H groups in total. The minimum absolute atomic E-state index is 0.219. The Labute approximate surface area is 132 Å². The van der Waals surface area contributed by atoms with Crippen LogP contribution >= 0.6 is 15.9 Å². The van der Waals surface area contributed by atoms with E-state index in [1.54, 1.807) is 26.4 Å². The number of hydrogen-bond donors (Lipinski definition) is 1. The molecule has 2 aromatic carbocycles. The average Bonchev–Trinajstić information content (AvgIpc) is 2.50. The quantitative estimate of drug-likeness (QED) is 0.854. The van der Waals surface area contributed by atoms with Crippen molar-refractivity contribution < 1.29 is 13.9 Å². The molecule has 2 aromatic rings. The van der Waals surface area contributed by atoms with Crippen molar-refractivity contribution >= 4 is 15.9 Å². The maximum Gasteiger partial charge on any atom is 0.165 e. The van der Waals surface area contributed by atoms with Gasteiger partial charge in [0.25, 0.3) is 0 Å². The summed E-state index contributed by atoms with van der Waals surface area (Å²) < 4.78 is 25.1. The molecule has 0 fully saturated rings. The molecule has 0 aliphatic rings. The van der Waals surface area contributed by atoms with Gasteiger partial charge in [0.1, 0.15) is 5.82 Å². The molecule has 0 aliphatic carbocycles. The van der Waals surface area contributed by atoms with Crippen LogP contribution in [0.5, 0.6) is 11.5 Å². The smallest absolute Gasteiger partial charge is 0.165 e. The molecule has 0 heterocycles. The summed E-state index contributed by atoms with van der Waals surface area (Å²) in [5, 5.41) is 3.22. The third-order valence-corrected chi connectivity index (χ3v) is 3.62. The Balaban J connectivity index is 2.05. The van der Waals surface area contributed by atoms with Crippen LogP contribution in [0.2, 0.25) is 0 Å². The largest absolute Gasteiger partial charge is 0.493 e. The van der Waals surface area contributed by atoms with Crippen molar-refractivity contribution in [3.8, 4) is 11.5 Å². The third kappa shape index (κ3) is 3.95. The van der Waals surface area contributed by atoms with Gasteiger partial charge < -0.3 is 14.8 Å². The normalized spacial score (nSPS) is 10.5. The minimum atomic E-state index is -0.219. The van der Waals surface area contributed by atoms with E-state index in [2.05, 4.69) is 21.2 Å². The predicted molar refractivity (Wildman–Crippen MR) is 84.2 cm³/mol. The third-order valence-electron chi connectivity index (χ3n) is 3.12. The van der Waals surface area contributed by atoms with E-state index in [1.165, 1.54) is 6.07 Å². The molecule has 0 amide bonds. The minimum Gasteiger partial charge on any atom is -0.493 e. The second-order valence-electron chi connectivity index (χ2n) is 4.49. The zero-order chi connectivity index (χ0) is 15.2. The lowest BCUT2D eigenvalue weighted by Crippen LogP contribution is -2.14. The summed E-state index contributed by atoms with van der Waals surface area (Å²) in [6.45, 7) is 0.998. The molecule has 2 rings (SSSR count). The number of halogens is 2. The van der Waals surface area contributed by atoms with Gasteiger partial charge >= 0.3 is 0 Å². The molecule has 0 aromatic heterocycles. The predicted octanol–water partition coefficient (Wildman–Crippen LogP) is 3.90. The lowest BCUT2D eigenvalue weighted by molar-refractivity contribution is 0.350. The van der Waals surface area contributed by atoms with Crippen molar-refractivity contribution in [3.05, 3.63) is 57.8 Å². The summed E-state index contributed by atoms with van der Waals surface area (Å²) in [5.41, 5.74) is 1.58. The standard InChI is InChI=1S/C16H17BrFNO2/c1-20-15-5-3-4-11(16(15)21-2)9-19-10-12-8-13(17)6-7-14(12)18/h3-8,19H,9-10H2,1-2H3. The lowest BCUT2D eigenvalue weighted by atomic mass is 10.1. The Morgan fingerprint density at radius 2 is 1.81 bits per heavy atom. The van der Waals surface area contributed by atoms with Crippen LogP contribution in [0, 0.1) is 5.82 Å². The first-order valence-electron chi connectivity index (χ1n) is 6.50. The van der Waals surface area contributed by atoms with E-state index in [0.29, 0.717) is 30.2 Å². The Morgan fingerprint density at radius 3 is 2.52 bits per heavy atom. The maximum atomic E-state index is 13.7. The number of nitrogens with one attached hydrogen (secondary N) is 1. The summed E-state index contributed by atoms with van der Waals surface area (Å²) in [5.74, 6) is 1.16. The first kappa shape index (κ1) is 15.8. The van der Waals surface area contributed by atoms with E-state index in [1.807, 2.05) is 18.2 Å². The van der Waals surface area contributed by atoms with Gasteiger partial charge in [0.05, 0.1) is 14.2 Å². The molecule has 3 nitrogen and oxygen atoms in total. The fraction of sp³-hybridized carbons (Fsp3) is 0.250. The SMILES string of the molecule is COc1cccc(CNCc2cc(Br)ccc2F)c1OC. The second kappa shape index (κ2) is 7.43. The van der Waals surface area contributed by atoms with Gasteiger partial charge in [0.2, 0.25) is 0 Å². The summed E-state index contributed by atoms with van der Waals surface area (Å²) >= 11 is 3.34. The van der Waals surface area contributed by atoms with Crippen molar-refractivity contribution in [1.82, 2.24) is 5.32 Å². The second-order valence-corrected chi connectivity index (χ2v) is 5.41. The molecule has 0 aliphatic heterocycles. The zero-order valence-corrected chi connectivity index (χ0v) is 13.5. The number of ether oxygens (including phenoxy) is 2. The van der Waals surface area contributed by atoms with Crippen molar-refractivity contribution in [1.29, 1.82) is 0 Å². The topological polar surface area (TPSA) is 30.5 Å². The molecule has 0 atom stereocenters. The van der Waals surface area contributed by atoms with Gasteiger partial charge in [0.15, 0.2) is 11.5 Å². The maximum absolute atomic E-state index is 13.7. The van der Waals surface area contributed by atoms with Crippen LogP contribution in [0.3, 0.4) is 0 Å². The van der Waals surface area contributed by atoms with Crippen molar-refractivity contribution in [2.45, 2.75) is 13.1 Å². The summed E-state index contributed by atoms with van der Waals surface area (Å²) in [6, 6.07) is 10.6. The highest BCUT2D eigenvalue weighted by molar-refractivity contribution is 9.10. The lowest BCUT2D eigenvalue weighted by Gasteiger charge is -2.13. The molecular weight excluding hydrogens is 337 g/mol. The van der Waals surface area contributed by atoms with Crippen molar-refractivity contribution in [2.24, 2.45) is 0 Å². The highest BCUT2D eigenvalue weighted by atomic mass is 79.9. The molecule has 0 unspecified atom stereocenters. The summed E-state index contributed by atoms with van der Waals surface area (Å²) in [6.07, 6.45) is 0. The van der Waals surface area contributed by atoms with Crippen LogP contribution in [0.25, 0.3) is 0 Å². The summed E-state index contributed by atoms with van der Waals surface area (Å²) in [7, 11) is 3.21. The molecule has 5 heteroatoms. The van der Waals surface area contributed by atoms with E-state index < -0.39 is 0 Å². The monoisotopic (exact) mass is 353 g/mol. The first-order chi connectivity index (χ1) is 10.2. The molecule has 0 saturated carbocycles. The Hall–Kier alpha value is -1.59. The van der Waals surface area contributed by atoms with Gasteiger partial charge in [0, 0.05) is 28.7 Å². The van der Waals surface area contributed by atoms with Gasteiger partial charge in [-0.05, 0) is 24.3 Å². The van der Waals surface area contributed by atoms with Crippen LogP contribution < -0.4 is 14.8 Å². The Morgan fingerprint density at radius 1 is 1.05 bits per heavy atom. The van der Waals surface area contributed by atoms with Gasteiger partial charge in [-0.2, -0.15) is 0 Å². The van der Waals surface area contributed by atoms with Crippen molar-refractivity contribution in [2.75, 3.05) is 14.2 Å². The van der Waals surface area contributed by atoms with E-state index in [-0.39, 0.29) is 5.82 Å². The number of hydrogen-bond acceptors (Lipinski definition) is 3. The van der Waals surface area contributed by atoms with Crippen LogP contribution in [0.1, 0.15) is 11.1 Å². The van der Waals surface area contributed by atoms with Crippen LogP contribution in [0.15, 0.2) is 40.9 Å².